The molecule has 2 aromatic carbocycles. The quantitative estimate of drug-likeness (QED) is 0.617. The van der Waals surface area contributed by atoms with Gasteiger partial charge in [0.05, 0.1) is 0 Å². The average molecular weight is 412 g/mol. The van der Waals surface area contributed by atoms with Crippen molar-refractivity contribution in [2.24, 2.45) is 0 Å². The van der Waals surface area contributed by atoms with Crippen LogP contribution in [-0.4, -0.2) is 24.0 Å². The highest BCUT2D eigenvalue weighted by Crippen LogP contribution is 2.23. The third-order valence-electron chi connectivity index (χ3n) is 3.81. The van der Waals surface area contributed by atoms with Crippen molar-refractivity contribution in [2.45, 2.75) is 6.61 Å². The number of aromatic nitrogens is 1. The van der Waals surface area contributed by atoms with Gasteiger partial charge in [0, 0.05) is 30.0 Å². The first-order valence-electron chi connectivity index (χ1n) is 8.68. The van der Waals surface area contributed by atoms with Crippen LogP contribution in [0.3, 0.4) is 0 Å². The molecule has 0 unspecified atom stereocenters. The van der Waals surface area contributed by atoms with Gasteiger partial charge < -0.3 is 14.8 Å². The van der Waals surface area contributed by atoms with Crippen LogP contribution >= 0.6 is 11.6 Å². The van der Waals surface area contributed by atoms with Crippen molar-refractivity contribution in [1.29, 1.82) is 0 Å². The Kier molecular flexibility index (Phi) is 6.65. The smallest absolute Gasteiger partial charge is 0.411 e. The second kappa shape index (κ2) is 9.57. The summed E-state index contributed by atoms with van der Waals surface area (Å²) in [5, 5.41) is 5.77. The van der Waals surface area contributed by atoms with E-state index in [1.54, 1.807) is 60.7 Å². The zero-order valence-electron chi connectivity index (χ0n) is 15.5. The van der Waals surface area contributed by atoms with E-state index in [4.69, 9.17) is 21.1 Å². The fraction of sp³-hybridized carbons (Fsp3) is 0.0952. The largest absolute Gasteiger partial charge is 0.457 e. The predicted molar refractivity (Wildman–Crippen MR) is 109 cm³/mol. The van der Waals surface area contributed by atoms with Crippen molar-refractivity contribution >= 4 is 29.3 Å². The summed E-state index contributed by atoms with van der Waals surface area (Å²) in [6.45, 7) is 0.139. The van der Waals surface area contributed by atoms with Crippen LogP contribution in [0.4, 0.5) is 10.5 Å². The number of ether oxygens (including phenoxy) is 2. The van der Waals surface area contributed by atoms with E-state index < -0.39 is 6.09 Å². The lowest BCUT2D eigenvalue weighted by molar-refractivity contribution is 0.0957. The van der Waals surface area contributed by atoms with Gasteiger partial charge in [-0.3, -0.25) is 15.1 Å². The van der Waals surface area contributed by atoms with Gasteiger partial charge in [0.2, 0.25) is 0 Å². The number of amides is 2. The molecule has 2 amide bonds. The van der Waals surface area contributed by atoms with E-state index in [9.17, 15) is 9.59 Å². The van der Waals surface area contributed by atoms with E-state index in [2.05, 4.69) is 15.6 Å². The molecule has 8 heteroatoms. The molecule has 3 aromatic rings. The summed E-state index contributed by atoms with van der Waals surface area (Å²) in [7, 11) is 1.53. The molecule has 3 rings (SSSR count). The number of halogens is 1. The van der Waals surface area contributed by atoms with E-state index in [0.717, 1.165) is 5.56 Å². The van der Waals surface area contributed by atoms with Crippen molar-refractivity contribution in [3.05, 3.63) is 83.1 Å². The standard InChI is InChI=1S/C21H18ClN3O4/c1-23-20(26)19-12-18(10-11-24-19)29-17-8-6-16(7-9-17)25-21(27)28-13-14-2-4-15(22)5-3-14/h2-12H,13H2,1H3,(H,23,26)(H,25,27). The van der Waals surface area contributed by atoms with Crippen LogP contribution in [0.5, 0.6) is 11.5 Å². The second-order valence-corrected chi connectivity index (χ2v) is 6.35. The molecule has 0 aliphatic carbocycles. The first-order valence-corrected chi connectivity index (χ1v) is 9.05. The fourth-order valence-electron chi connectivity index (χ4n) is 2.35. The lowest BCUT2D eigenvalue weighted by Gasteiger charge is -2.09. The lowest BCUT2D eigenvalue weighted by Crippen LogP contribution is -2.18. The van der Waals surface area contributed by atoms with E-state index >= 15 is 0 Å². The summed E-state index contributed by atoms with van der Waals surface area (Å²) in [6.07, 6.45) is 0.921. The zero-order valence-corrected chi connectivity index (χ0v) is 16.3. The third-order valence-corrected chi connectivity index (χ3v) is 4.06. The van der Waals surface area contributed by atoms with Crippen LogP contribution in [0.1, 0.15) is 16.1 Å². The highest BCUT2D eigenvalue weighted by molar-refractivity contribution is 6.30. The van der Waals surface area contributed by atoms with E-state index in [1.165, 1.54) is 13.2 Å². The molecule has 148 valence electrons. The number of nitrogens with zero attached hydrogens (tertiary/aromatic N) is 1. The zero-order chi connectivity index (χ0) is 20.6. The van der Waals surface area contributed by atoms with Crippen LogP contribution in [0, 0.1) is 0 Å². The van der Waals surface area contributed by atoms with Crippen LogP contribution in [0.15, 0.2) is 66.9 Å². The second-order valence-electron chi connectivity index (χ2n) is 5.91. The Hall–Kier alpha value is -3.58. The van der Waals surface area contributed by atoms with Crippen molar-refractivity contribution in [1.82, 2.24) is 10.3 Å². The topological polar surface area (TPSA) is 89.6 Å². The van der Waals surface area contributed by atoms with E-state index in [-0.39, 0.29) is 18.2 Å². The summed E-state index contributed by atoms with van der Waals surface area (Å²) in [5.74, 6) is 0.716. The van der Waals surface area contributed by atoms with Crippen LogP contribution in [0.2, 0.25) is 5.02 Å². The number of rotatable bonds is 6. The summed E-state index contributed by atoms with van der Waals surface area (Å²) >= 11 is 5.82. The minimum Gasteiger partial charge on any atom is -0.457 e. The third kappa shape index (κ3) is 5.95. The van der Waals surface area contributed by atoms with Gasteiger partial charge in [0.15, 0.2) is 0 Å². The molecule has 0 spiro atoms. The normalized spacial score (nSPS) is 10.1. The molecule has 1 heterocycles. The Morgan fingerprint density at radius 3 is 2.41 bits per heavy atom. The van der Waals surface area contributed by atoms with Gasteiger partial charge in [-0.2, -0.15) is 0 Å². The van der Waals surface area contributed by atoms with E-state index in [0.29, 0.717) is 22.2 Å². The van der Waals surface area contributed by atoms with Crippen molar-refractivity contribution in [3.63, 3.8) is 0 Å². The number of nitrogens with one attached hydrogen (secondary N) is 2. The fourth-order valence-corrected chi connectivity index (χ4v) is 2.48. The number of carbonyl (C=O) groups excluding carboxylic acids is 2. The Bertz CT molecular complexity index is 992. The summed E-state index contributed by atoms with van der Waals surface area (Å²) < 4.78 is 10.9. The molecule has 0 atom stereocenters. The highest BCUT2D eigenvalue weighted by Gasteiger charge is 2.08. The maximum Gasteiger partial charge on any atom is 0.411 e. The maximum absolute atomic E-state index is 11.9. The molecule has 0 aliphatic rings. The first-order chi connectivity index (χ1) is 14.0. The Balaban J connectivity index is 1.54. The van der Waals surface area contributed by atoms with Crippen LogP contribution in [-0.2, 0) is 11.3 Å². The SMILES string of the molecule is CNC(=O)c1cc(Oc2ccc(NC(=O)OCc3ccc(Cl)cc3)cc2)ccn1. The lowest BCUT2D eigenvalue weighted by atomic mass is 10.2. The molecule has 7 nitrogen and oxygen atoms in total. The van der Waals surface area contributed by atoms with Crippen molar-refractivity contribution in [3.8, 4) is 11.5 Å². The van der Waals surface area contributed by atoms with Gasteiger partial charge >= 0.3 is 6.09 Å². The summed E-state index contributed by atoms with van der Waals surface area (Å²) in [5.41, 5.74) is 1.65. The number of carbonyl (C=O) groups is 2. The first kappa shape index (κ1) is 20.2. The molecular weight excluding hydrogens is 394 g/mol. The monoisotopic (exact) mass is 411 g/mol. The maximum atomic E-state index is 11.9. The number of hydrogen-bond donors (Lipinski definition) is 2. The van der Waals surface area contributed by atoms with Gasteiger partial charge in [0.25, 0.3) is 5.91 Å². The van der Waals surface area contributed by atoms with E-state index in [1.807, 2.05) is 0 Å². The number of hydrogen-bond acceptors (Lipinski definition) is 5. The number of pyridine rings is 1. The Labute approximate surface area is 172 Å². The molecule has 29 heavy (non-hydrogen) atoms. The molecule has 0 fully saturated rings. The molecule has 0 aliphatic heterocycles. The van der Waals surface area contributed by atoms with Gasteiger partial charge in [-0.15, -0.1) is 0 Å². The molecule has 0 saturated carbocycles. The molecule has 0 radical (unpaired) electrons. The van der Waals surface area contributed by atoms with Gasteiger partial charge in [-0.1, -0.05) is 23.7 Å². The summed E-state index contributed by atoms with van der Waals surface area (Å²) in [6, 6.07) is 17.0. The minimum atomic E-state index is -0.571. The van der Waals surface area contributed by atoms with Gasteiger partial charge in [0.1, 0.15) is 23.8 Å². The minimum absolute atomic E-state index is 0.139. The van der Waals surface area contributed by atoms with Crippen LogP contribution in [0.25, 0.3) is 0 Å². The number of benzene rings is 2. The van der Waals surface area contributed by atoms with Gasteiger partial charge in [-0.05, 0) is 48.0 Å². The molecule has 0 bridgehead atoms. The Morgan fingerprint density at radius 1 is 1.00 bits per heavy atom. The van der Waals surface area contributed by atoms with Gasteiger partial charge in [-0.25, -0.2) is 4.79 Å². The predicted octanol–water partition coefficient (Wildman–Crippen LogP) is 4.64. The number of anilines is 1. The molecule has 2 N–H and O–H groups in total. The molecular formula is C21H18ClN3O4. The van der Waals surface area contributed by atoms with Crippen molar-refractivity contribution < 1.29 is 19.1 Å². The average Bonchev–Trinajstić information content (AvgIpc) is 2.74. The van der Waals surface area contributed by atoms with Crippen molar-refractivity contribution in [2.75, 3.05) is 12.4 Å². The highest BCUT2D eigenvalue weighted by atomic mass is 35.5. The Morgan fingerprint density at radius 2 is 1.72 bits per heavy atom. The summed E-state index contributed by atoms with van der Waals surface area (Å²) in [4.78, 5) is 27.5. The molecule has 1 aromatic heterocycles. The molecule has 0 saturated heterocycles. The van der Waals surface area contributed by atoms with Crippen LogP contribution < -0.4 is 15.4 Å².